The van der Waals surface area contributed by atoms with Gasteiger partial charge in [0.15, 0.2) is 6.54 Å². The van der Waals surface area contributed by atoms with Crippen LogP contribution in [0.4, 0.5) is 11.4 Å². The maximum Gasteiger partial charge on any atom is 0.316 e. The molecule has 1 N–H and O–H groups in total. The van der Waals surface area contributed by atoms with Gasteiger partial charge in [-0.3, -0.25) is 10.1 Å². The van der Waals surface area contributed by atoms with Crippen LogP contribution in [0.15, 0.2) is 42.5 Å². The van der Waals surface area contributed by atoms with E-state index in [2.05, 4.69) is 30.9 Å². The largest absolute Gasteiger partial charge is 0.346 e. The van der Waals surface area contributed by atoms with Crippen LogP contribution in [0.25, 0.3) is 0 Å². The maximum atomic E-state index is 11.7. The first-order valence-electron chi connectivity index (χ1n) is 9.00. The lowest BCUT2D eigenvalue weighted by Crippen LogP contribution is -2.41. The molecule has 2 aromatic rings. The first kappa shape index (κ1) is 18.0. The lowest BCUT2D eigenvalue weighted by atomic mass is 10.0. The molecule has 0 fully saturated rings. The van der Waals surface area contributed by atoms with Crippen LogP contribution in [0.1, 0.15) is 23.1 Å². The van der Waals surface area contributed by atoms with Crippen LogP contribution in [-0.2, 0) is 5.72 Å². The summed E-state index contributed by atoms with van der Waals surface area (Å²) in [6, 6.07) is 12.5. The van der Waals surface area contributed by atoms with E-state index in [1.54, 1.807) is 23.9 Å². The zero-order valence-electron chi connectivity index (χ0n) is 15.4. The molecule has 4 rings (SSSR count). The van der Waals surface area contributed by atoms with E-state index < -0.39 is 10.6 Å². The Balaban J connectivity index is 1.84. The summed E-state index contributed by atoms with van der Waals surface area (Å²) in [4.78, 5) is 13.0. The number of aryl methyl sites for hydroxylation is 1. The fourth-order valence-electron chi connectivity index (χ4n) is 3.83. The van der Waals surface area contributed by atoms with Gasteiger partial charge >= 0.3 is 5.17 Å². The Hall–Kier alpha value is -2.38. The van der Waals surface area contributed by atoms with Gasteiger partial charge in [0.2, 0.25) is 0 Å². The van der Waals surface area contributed by atoms with Crippen molar-refractivity contribution >= 4 is 28.3 Å². The third kappa shape index (κ3) is 2.91. The summed E-state index contributed by atoms with van der Waals surface area (Å²) in [6.45, 7) is 5.25. The molecule has 0 radical (unpaired) electrons. The summed E-state index contributed by atoms with van der Waals surface area (Å²) in [5.74, 6) is 0.998. The molecule has 6 nitrogen and oxygen atoms in total. The molecule has 27 heavy (non-hydrogen) atoms. The molecule has 0 aromatic heterocycles. The number of hydrogen-bond donors (Lipinski definition) is 1. The van der Waals surface area contributed by atoms with Crippen molar-refractivity contribution in [1.82, 2.24) is 0 Å². The van der Waals surface area contributed by atoms with Crippen LogP contribution in [-0.4, -0.2) is 38.6 Å². The van der Waals surface area contributed by atoms with Crippen LogP contribution in [0.3, 0.4) is 0 Å². The molecule has 0 aliphatic carbocycles. The summed E-state index contributed by atoms with van der Waals surface area (Å²) < 4.78 is 2.00. The molecule has 2 aliphatic rings. The van der Waals surface area contributed by atoms with E-state index in [1.807, 2.05) is 10.6 Å². The van der Waals surface area contributed by atoms with Crippen molar-refractivity contribution in [1.29, 1.82) is 0 Å². The number of nitro benzene ring substituents is 1. The Morgan fingerprint density at radius 3 is 2.81 bits per heavy atom. The van der Waals surface area contributed by atoms with Crippen molar-refractivity contribution < 1.29 is 14.6 Å². The first-order chi connectivity index (χ1) is 12.9. The van der Waals surface area contributed by atoms with Gasteiger partial charge in [0.1, 0.15) is 5.69 Å². The van der Waals surface area contributed by atoms with Gasteiger partial charge in [-0.2, -0.15) is 0 Å². The molecule has 0 saturated heterocycles. The smallest absolute Gasteiger partial charge is 0.316 e. The first-order valence-corrected chi connectivity index (χ1v) is 9.99. The number of nitro groups is 1. The van der Waals surface area contributed by atoms with E-state index in [9.17, 15) is 15.2 Å². The predicted molar refractivity (Wildman–Crippen MR) is 107 cm³/mol. The quantitative estimate of drug-likeness (QED) is 0.499. The molecule has 0 spiro atoms. The molecular weight excluding hydrogens is 362 g/mol. The van der Waals surface area contributed by atoms with Crippen LogP contribution >= 0.6 is 11.8 Å². The van der Waals surface area contributed by atoms with E-state index in [0.29, 0.717) is 12.1 Å². The van der Waals surface area contributed by atoms with Gasteiger partial charge in [0, 0.05) is 23.4 Å². The van der Waals surface area contributed by atoms with Crippen molar-refractivity contribution in [3.63, 3.8) is 0 Å². The number of hydrogen-bond acceptors (Lipinski definition) is 5. The van der Waals surface area contributed by atoms with Crippen LogP contribution in [0.2, 0.25) is 0 Å². The lowest BCUT2D eigenvalue weighted by Gasteiger charge is -2.24. The molecule has 0 bridgehead atoms. The van der Waals surface area contributed by atoms with Crippen LogP contribution in [0, 0.1) is 24.0 Å². The standard InChI is InChI=1S/C20H22N3O3S/c1-14-6-3-9-18(15(14)2)21-13-20(24,22-10-5-11-27-19(21)22)16-7-4-8-17(12-16)23(25)26/h3-4,6-9,12,24H,5,10-11,13H2,1-2H3/q+1/t20-/m1/s1. The molecule has 7 heteroatoms. The van der Waals surface area contributed by atoms with E-state index in [0.717, 1.165) is 29.6 Å². The fraction of sp³-hybridized carbons (Fsp3) is 0.350. The number of benzene rings is 2. The van der Waals surface area contributed by atoms with Gasteiger partial charge < -0.3 is 5.11 Å². The van der Waals surface area contributed by atoms with Crippen molar-refractivity contribution in [2.75, 3.05) is 23.7 Å². The number of thioether (sulfide) groups is 1. The lowest BCUT2D eigenvalue weighted by molar-refractivity contribution is -0.656. The highest BCUT2D eigenvalue weighted by Crippen LogP contribution is 2.39. The van der Waals surface area contributed by atoms with E-state index >= 15 is 0 Å². The topological polar surface area (TPSA) is 69.6 Å². The third-order valence-electron chi connectivity index (χ3n) is 5.43. The van der Waals surface area contributed by atoms with Crippen molar-refractivity contribution in [3.05, 3.63) is 69.3 Å². The Bertz CT molecular complexity index is 959. The summed E-state index contributed by atoms with van der Waals surface area (Å²) >= 11 is 1.73. The summed E-state index contributed by atoms with van der Waals surface area (Å²) in [6.07, 6.45) is 0.964. The molecule has 0 saturated carbocycles. The molecule has 1 atom stereocenters. The van der Waals surface area contributed by atoms with Gasteiger partial charge in [-0.25, -0.2) is 9.48 Å². The van der Waals surface area contributed by atoms with E-state index in [1.165, 1.54) is 23.3 Å². The van der Waals surface area contributed by atoms with Gasteiger partial charge in [-0.1, -0.05) is 24.3 Å². The van der Waals surface area contributed by atoms with Gasteiger partial charge in [0.25, 0.3) is 11.4 Å². The molecule has 2 aromatic carbocycles. The second-order valence-corrected chi connectivity index (χ2v) is 8.13. The fourth-order valence-corrected chi connectivity index (χ4v) is 5.00. The summed E-state index contributed by atoms with van der Waals surface area (Å²) in [5, 5.41) is 23.9. The van der Waals surface area contributed by atoms with Crippen LogP contribution in [0.5, 0.6) is 0 Å². The Kier molecular flexibility index (Phi) is 4.44. The van der Waals surface area contributed by atoms with Crippen molar-refractivity contribution in [3.8, 4) is 0 Å². The zero-order valence-corrected chi connectivity index (χ0v) is 16.2. The highest BCUT2D eigenvalue weighted by atomic mass is 32.2. The van der Waals surface area contributed by atoms with Gasteiger partial charge in [0.05, 0.1) is 11.5 Å². The Morgan fingerprint density at radius 1 is 1.26 bits per heavy atom. The van der Waals surface area contributed by atoms with Crippen molar-refractivity contribution in [2.24, 2.45) is 0 Å². The Morgan fingerprint density at radius 2 is 2.04 bits per heavy atom. The van der Waals surface area contributed by atoms with E-state index in [4.69, 9.17) is 0 Å². The molecular formula is C20H22N3O3S+. The number of nitrogens with zero attached hydrogens (tertiary/aromatic N) is 3. The average Bonchev–Trinajstić information content (AvgIpc) is 2.98. The SMILES string of the molecule is Cc1cccc(N2C[C@@](O)(c3cccc([N+](=O)[O-])c3)[N+]3=C2SCCC3)c1C. The second kappa shape index (κ2) is 6.65. The van der Waals surface area contributed by atoms with E-state index in [-0.39, 0.29) is 5.69 Å². The molecule has 0 amide bonds. The van der Waals surface area contributed by atoms with Crippen molar-refractivity contribution in [2.45, 2.75) is 26.0 Å². The molecule has 0 unspecified atom stereocenters. The second-order valence-electron chi connectivity index (χ2n) is 7.07. The Labute approximate surface area is 162 Å². The zero-order chi connectivity index (χ0) is 19.2. The highest BCUT2D eigenvalue weighted by molar-refractivity contribution is 8.13. The monoisotopic (exact) mass is 384 g/mol. The van der Waals surface area contributed by atoms with Gasteiger partial charge in [-0.15, -0.1) is 0 Å². The summed E-state index contributed by atoms with van der Waals surface area (Å²) in [5.41, 5.74) is 2.73. The highest BCUT2D eigenvalue weighted by Gasteiger charge is 2.53. The maximum absolute atomic E-state index is 11.7. The normalized spacial score (nSPS) is 22.1. The number of aliphatic hydroxyl groups is 1. The third-order valence-corrected chi connectivity index (χ3v) is 6.62. The molecule has 2 heterocycles. The minimum absolute atomic E-state index is 0.00248. The minimum Gasteiger partial charge on any atom is -0.346 e. The molecule has 2 aliphatic heterocycles. The predicted octanol–water partition coefficient (Wildman–Crippen LogP) is 3.38. The number of amidine groups is 1. The average molecular weight is 384 g/mol. The molecule has 140 valence electrons. The number of non-ortho nitro benzene ring substituents is 1. The van der Waals surface area contributed by atoms with Crippen LogP contribution < -0.4 is 4.90 Å². The minimum atomic E-state index is -1.29. The van der Waals surface area contributed by atoms with Gasteiger partial charge in [-0.05, 0) is 49.2 Å². The summed E-state index contributed by atoms with van der Waals surface area (Å²) in [7, 11) is 0. The number of β-amino-alcohol motifs (C(OH)–C–C–N with tert-alkyl or cyclic N) is 1. The number of anilines is 1. The number of rotatable bonds is 3.